The van der Waals surface area contributed by atoms with Crippen molar-refractivity contribution in [2.45, 2.75) is 12.3 Å². The number of fused-ring (bicyclic) bond motifs is 1. The number of rotatable bonds is 6. The Labute approximate surface area is 183 Å². The van der Waals surface area contributed by atoms with E-state index in [0.717, 1.165) is 0 Å². The third-order valence-corrected chi connectivity index (χ3v) is 5.51. The molecule has 1 aliphatic heterocycles. The lowest BCUT2D eigenvalue weighted by Crippen LogP contribution is -2.25. The van der Waals surface area contributed by atoms with Gasteiger partial charge in [0.05, 0.1) is 38.4 Å². The van der Waals surface area contributed by atoms with E-state index >= 15 is 0 Å². The Kier molecular flexibility index (Phi) is 5.40. The molecule has 2 aromatic carbocycles. The molecule has 0 saturated heterocycles. The number of carbonyl (C=O) groups is 2. The number of amides is 1. The lowest BCUT2D eigenvalue weighted by molar-refractivity contribution is -0.116. The van der Waals surface area contributed by atoms with Crippen LogP contribution in [-0.4, -0.2) is 48.0 Å². The number of anilines is 1. The zero-order valence-corrected chi connectivity index (χ0v) is 17.7. The number of carboxylic acid groups (broad SMARTS) is 1. The summed E-state index contributed by atoms with van der Waals surface area (Å²) < 4.78 is 17.8. The van der Waals surface area contributed by atoms with Crippen LogP contribution in [-0.2, 0) is 4.79 Å². The molecule has 0 spiro atoms. The highest BCUT2D eigenvalue weighted by molar-refractivity contribution is 6.04. The maximum atomic E-state index is 12.5. The van der Waals surface area contributed by atoms with Crippen LogP contribution in [0.25, 0.3) is 5.69 Å². The normalized spacial score (nSPS) is 15.0. The molecule has 4 rings (SSSR count). The summed E-state index contributed by atoms with van der Waals surface area (Å²) >= 11 is 0. The Bertz CT molecular complexity index is 1220. The minimum absolute atomic E-state index is 0.0344. The molecule has 0 aliphatic carbocycles. The first kappa shape index (κ1) is 21.1. The summed E-state index contributed by atoms with van der Waals surface area (Å²) in [4.78, 5) is 24.6. The Morgan fingerprint density at radius 2 is 1.81 bits per heavy atom. The summed E-state index contributed by atoms with van der Waals surface area (Å²) in [5.41, 5.74) is 1.99. The van der Waals surface area contributed by atoms with Gasteiger partial charge in [-0.05, 0) is 29.8 Å². The maximum absolute atomic E-state index is 12.5. The Morgan fingerprint density at radius 3 is 2.47 bits per heavy atom. The highest BCUT2D eigenvalue weighted by atomic mass is 16.5. The van der Waals surface area contributed by atoms with Crippen molar-refractivity contribution in [2.75, 3.05) is 26.6 Å². The number of nitrogens with zero attached hydrogens (tertiary/aromatic N) is 1. The lowest BCUT2D eigenvalue weighted by Gasteiger charge is -2.27. The molecule has 2 heterocycles. The molecular formula is C23H22N2O7. The molecule has 1 aliphatic rings. The summed E-state index contributed by atoms with van der Waals surface area (Å²) in [6.45, 7) is 0. The summed E-state index contributed by atoms with van der Waals surface area (Å²) in [6.07, 6.45) is 1.54. The van der Waals surface area contributed by atoms with Gasteiger partial charge < -0.3 is 34.3 Å². The van der Waals surface area contributed by atoms with Crippen LogP contribution in [0.4, 0.5) is 5.69 Å². The number of phenols is 1. The van der Waals surface area contributed by atoms with Gasteiger partial charge in [-0.1, -0.05) is 6.07 Å². The molecule has 3 aromatic rings. The van der Waals surface area contributed by atoms with Crippen molar-refractivity contribution in [2.24, 2.45) is 0 Å². The van der Waals surface area contributed by atoms with E-state index in [1.807, 2.05) is 0 Å². The fourth-order valence-corrected chi connectivity index (χ4v) is 4.00. The second-order valence-corrected chi connectivity index (χ2v) is 7.25. The molecule has 1 unspecified atom stereocenters. The van der Waals surface area contributed by atoms with Crippen molar-refractivity contribution in [3.05, 3.63) is 59.4 Å². The third-order valence-electron chi connectivity index (χ3n) is 5.51. The monoisotopic (exact) mass is 438 g/mol. The van der Waals surface area contributed by atoms with Crippen LogP contribution in [0.5, 0.6) is 23.0 Å². The number of benzene rings is 2. The molecule has 3 N–H and O–H groups in total. The van der Waals surface area contributed by atoms with Crippen LogP contribution < -0.4 is 19.5 Å². The number of nitrogens with one attached hydrogen (secondary N) is 1. The van der Waals surface area contributed by atoms with E-state index in [4.69, 9.17) is 14.2 Å². The third kappa shape index (κ3) is 3.47. The highest BCUT2D eigenvalue weighted by Crippen LogP contribution is 2.44. The molecule has 32 heavy (non-hydrogen) atoms. The van der Waals surface area contributed by atoms with E-state index in [9.17, 15) is 19.8 Å². The second kappa shape index (κ2) is 8.18. The van der Waals surface area contributed by atoms with Crippen molar-refractivity contribution in [3.63, 3.8) is 0 Å². The van der Waals surface area contributed by atoms with Gasteiger partial charge in [-0.25, -0.2) is 4.79 Å². The van der Waals surface area contributed by atoms with Crippen molar-refractivity contribution in [3.8, 4) is 28.7 Å². The molecule has 0 radical (unpaired) electrons. The van der Waals surface area contributed by atoms with Gasteiger partial charge in [-0.2, -0.15) is 0 Å². The van der Waals surface area contributed by atoms with Crippen LogP contribution in [0, 0.1) is 0 Å². The van der Waals surface area contributed by atoms with Gasteiger partial charge in [0.25, 0.3) is 0 Å². The van der Waals surface area contributed by atoms with Crippen LogP contribution in [0.15, 0.2) is 42.6 Å². The SMILES string of the molecule is COc1ccc(OC)c(-n2cc(C(=O)O)c3c2C(c2ccc(O)c(OC)c2)CC(=O)N3)c1. The molecule has 166 valence electrons. The summed E-state index contributed by atoms with van der Waals surface area (Å²) in [6, 6.07) is 10.0. The molecular weight excluding hydrogens is 416 g/mol. The van der Waals surface area contributed by atoms with Gasteiger partial charge >= 0.3 is 5.97 Å². The summed E-state index contributed by atoms with van der Waals surface area (Å²) in [5, 5.41) is 22.5. The minimum atomic E-state index is -1.17. The van der Waals surface area contributed by atoms with E-state index in [-0.39, 0.29) is 35.1 Å². The Balaban J connectivity index is 2.01. The molecule has 1 atom stereocenters. The van der Waals surface area contributed by atoms with Crippen LogP contribution in [0.2, 0.25) is 0 Å². The van der Waals surface area contributed by atoms with E-state index in [1.165, 1.54) is 33.6 Å². The Morgan fingerprint density at radius 1 is 1.06 bits per heavy atom. The number of aromatic carboxylic acids is 1. The van der Waals surface area contributed by atoms with Gasteiger partial charge in [0.2, 0.25) is 5.91 Å². The number of carbonyl (C=O) groups excluding carboxylic acids is 1. The number of carboxylic acids is 1. The largest absolute Gasteiger partial charge is 0.504 e. The molecule has 1 amide bonds. The molecule has 9 nitrogen and oxygen atoms in total. The maximum Gasteiger partial charge on any atom is 0.339 e. The first-order valence-corrected chi connectivity index (χ1v) is 9.75. The Hall–Kier alpha value is -4.14. The fourth-order valence-electron chi connectivity index (χ4n) is 4.00. The van der Waals surface area contributed by atoms with Crippen molar-refractivity contribution < 1.29 is 34.0 Å². The van der Waals surface area contributed by atoms with Crippen molar-refractivity contribution in [1.82, 2.24) is 4.57 Å². The van der Waals surface area contributed by atoms with Crippen molar-refractivity contribution in [1.29, 1.82) is 0 Å². The van der Waals surface area contributed by atoms with E-state index in [1.54, 1.807) is 34.9 Å². The number of aromatic hydroxyl groups is 1. The van der Waals surface area contributed by atoms with E-state index in [2.05, 4.69) is 5.32 Å². The quantitative estimate of drug-likeness (QED) is 0.540. The van der Waals surface area contributed by atoms with Gasteiger partial charge in [0.15, 0.2) is 11.5 Å². The standard InChI is InChI=1S/C23H22N2O7/c1-30-13-5-7-18(31-2)16(9-13)25-11-15(23(28)29)21-22(25)14(10-20(27)24-21)12-4-6-17(26)19(8-12)32-3/h4-9,11,14,26H,10H2,1-3H3,(H,24,27)(H,28,29). The highest BCUT2D eigenvalue weighted by Gasteiger charge is 2.35. The van der Waals surface area contributed by atoms with Gasteiger partial charge in [-0.15, -0.1) is 0 Å². The second-order valence-electron chi connectivity index (χ2n) is 7.25. The molecule has 0 saturated carbocycles. The molecule has 0 fully saturated rings. The minimum Gasteiger partial charge on any atom is -0.504 e. The summed E-state index contributed by atoms with van der Waals surface area (Å²) in [5.74, 6) is -0.712. The topological polar surface area (TPSA) is 119 Å². The number of aromatic nitrogens is 1. The first-order valence-electron chi connectivity index (χ1n) is 9.75. The number of phenolic OH excluding ortho intramolecular Hbond substituents is 1. The zero-order chi connectivity index (χ0) is 23.0. The average Bonchev–Trinajstić information content (AvgIpc) is 3.17. The number of hydrogen-bond acceptors (Lipinski definition) is 6. The predicted molar refractivity (Wildman–Crippen MR) is 116 cm³/mol. The molecule has 0 bridgehead atoms. The average molecular weight is 438 g/mol. The molecule has 9 heteroatoms. The van der Waals surface area contributed by atoms with Crippen molar-refractivity contribution >= 4 is 17.6 Å². The lowest BCUT2D eigenvalue weighted by atomic mass is 9.88. The fraction of sp³-hybridized carbons (Fsp3) is 0.217. The van der Waals surface area contributed by atoms with Crippen LogP contribution in [0.3, 0.4) is 0 Å². The van der Waals surface area contributed by atoms with Gasteiger partial charge in [0.1, 0.15) is 17.1 Å². The van der Waals surface area contributed by atoms with E-state index in [0.29, 0.717) is 28.4 Å². The van der Waals surface area contributed by atoms with Gasteiger partial charge in [-0.3, -0.25) is 4.79 Å². The molecule has 1 aromatic heterocycles. The van der Waals surface area contributed by atoms with Crippen LogP contribution >= 0.6 is 0 Å². The van der Waals surface area contributed by atoms with E-state index < -0.39 is 11.9 Å². The smallest absolute Gasteiger partial charge is 0.339 e. The van der Waals surface area contributed by atoms with Crippen LogP contribution in [0.1, 0.15) is 34.0 Å². The number of hydrogen-bond donors (Lipinski definition) is 3. The van der Waals surface area contributed by atoms with Gasteiger partial charge in [0, 0.05) is 24.6 Å². The summed E-state index contributed by atoms with van der Waals surface area (Å²) in [7, 11) is 4.48. The predicted octanol–water partition coefficient (Wildman–Crippen LogP) is 3.38. The first-order chi connectivity index (χ1) is 15.4. The number of methoxy groups -OCH3 is 3. The number of ether oxygens (including phenoxy) is 3. The zero-order valence-electron chi connectivity index (χ0n) is 17.7.